The van der Waals surface area contributed by atoms with Crippen molar-refractivity contribution in [2.75, 3.05) is 10.0 Å². The molecule has 140 valence electrons. The molecule has 0 fully saturated rings. The first-order valence-corrected chi connectivity index (χ1v) is 9.52. The zero-order chi connectivity index (χ0) is 19.4. The molecule has 0 atom stereocenters. The molecule has 2 aromatic carbocycles. The van der Waals surface area contributed by atoms with Crippen molar-refractivity contribution in [3.05, 3.63) is 65.0 Å². The van der Waals surface area contributed by atoms with E-state index in [0.717, 1.165) is 0 Å². The van der Waals surface area contributed by atoms with Crippen LogP contribution in [-0.4, -0.2) is 24.1 Å². The molecule has 27 heavy (non-hydrogen) atoms. The third-order valence-electron chi connectivity index (χ3n) is 3.72. The van der Waals surface area contributed by atoms with Gasteiger partial charge in [-0.2, -0.15) is 13.5 Å². The first-order valence-electron chi connectivity index (χ1n) is 7.97. The average Bonchev–Trinajstić information content (AvgIpc) is 2.60. The second-order valence-electron chi connectivity index (χ2n) is 5.78. The molecule has 9 nitrogen and oxygen atoms in total. The summed E-state index contributed by atoms with van der Waals surface area (Å²) in [6, 6.07) is 13.2. The molecule has 0 aliphatic carbocycles. The number of hydrogen-bond donors (Lipinski definition) is 3. The zero-order valence-electron chi connectivity index (χ0n) is 14.1. The molecular formula is C17H17N5O4S. The van der Waals surface area contributed by atoms with Gasteiger partial charge in [0.05, 0.1) is 23.9 Å². The number of nitrogens with one attached hydrogen (secondary N) is 2. The monoisotopic (exact) mass is 387 g/mol. The van der Waals surface area contributed by atoms with Crippen LogP contribution in [0.15, 0.2) is 59.5 Å². The minimum Gasteiger partial charge on any atom is -0.326 e. The van der Waals surface area contributed by atoms with Crippen molar-refractivity contribution in [1.29, 1.82) is 0 Å². The Balaban J connectivity index is 1.68. The fourth-order valence-corrected chi connectivity index (χ4v) is 3.05. The van der Waals surface area contributed by atoms with Crippen LogP contribution in [0, 0.1) is 0 Å². The van der Waals surface area contributed by atoms with E-state index in [1.165, 1.54) is 18.3 Å². The number of nitrogens with two attached hydrogens (primary N) is 1. The molecule has 1 heterocycles. The lowest BCUT2D eigenvalue weighted by Crippen LogP contribution is -2.22. The van der Waals surface area contributed by atoms with E-state index >= 15 is 0 Å². The van der Waals surface area contributed by atoms with E-state index in [2.05, 4.69) is 15.1 Å². The number of amides is 1. The van der Waals surface area contributed by atoms with Crippen LogP contribution in [0.25, 0.3) is 10.9 Å². The summed E-state index contributed by atoms with van der Waals surface area (Å²) in [4.78, 5) is 24.0. The SMILES string of the molecule is NS(=O)(=O)Nc1cccc(NC(=O)CCn2ncc(=O)c3ccccc32)c1. The summed E-state index contributed by atoms with van der Waals surface area (Å²) in [6.07, 6.45) is 1.34. The minimum atomic E-state index is -3.89. The van der Waals surface area contributed by atoms with E-state index in [9.17, 15) is 18.0 Å². The summed E-state index contributed by atoms with van der Waals surface area (Å²) in [5.41, 5.74) is 1.14. The molecule has 4 N–H and O–H groups in total. The summed E-state index contributed by atoms with van der Waals surface area (Å²) in [7, 11) is -3.89. The molecule has 0 saturated heterocycles. The van der Waals surface area contributed by atoms with Crippen molar-refractivity contribution in [2.24, 2.45) is 5.14 Å². The van der Waals surface area contributed by atoms with Crippen LogP contribution in [0.2, 0.25) is 0 Å². The molecule has 0 spiro atoms. The first kappa shape index (κ1) is 18.5. The molecule has 0 aliphatic heterocycles. The van der Waals surface area contributed by atoms with Gasteiger partial charge in [0.1, 0.15) is 0 Å². The lowest BCUT2D eigenvalue weighted by Gasteiger charge is -2.10. The highest BCUT2D eigenvalue weighted by Gasteiger charge is 2.08. The number of aromatic nitrogens is 2. The highest BCUT2D eigenvalue weighted by atomic mass is 32.2. The Bertz CT molecular complexity index is 1160. The number of anilines is 2. The van der Waals surface area contributed by atoms with Gasteiger partial charge in [-0.05, 0) is 30.3 Å². The number of benzene rings is 2. The molecule has 10 heteroatoms. The quantitative estimate of drug-likeness (QED) is 0.580. The van der Waals surface area contributed by atoms with E-state index in [1.807, 2.05) is 0 Å². The Hall–Kier alpha value is -3.24. The molecule has 0 aliphatic rings. The van der Waals surface area contributed by atoms with Crippen molar-refractivity contribution in [3.63, 3.8) is 0 Å². The zero-order valence-corrected chi connectivity index (χ0v) is 14.9. The summed E-state index contributed by atoms with van der Waals surface area (Å²) in [6.45, 7) is 0.280. The van der Waals surface area contributed by atoms with Gasteiger partial charge in [0.15, 0.2) is 0 Å². The maximum absolute atomic E-state index is 12.2. The number of carbonyl (C=O) groups excluding carboxylic acids is 1. The summed E-state index contributed by atoms with van der Waals surface area (Å²) >= 11 is 0. The fourth-order valence-electron chi connectivity index (χ4n) is 2.59. The summed E-state index contributed by atoms with van der Waals surface area (Å²) in [5, 5.41) is 12.2. The average molecular weight is 387 g/mol. The number of nitrogens with zero attached hydrogens (tertiary/aromatic N) is 2. The largest absolute Gasteiger partial charge is 0.326 e. The lowest BCUT2D eigenvalue weighted by atomic mass is 10.2. The van der Waals surface area contributed by atoms with Gasteiger partial charge in [0.25, 0.3) is 10.2 Å². The van der Waals surface area contributed by atoms with Gasteiger partial charge >= 0.3 is 0 Å². The highest BCUT2D eigenvalue weighted by Crippen LogP contribution is 2.16. The van der Waals surface area contributed by atoms with E-state index in [1.54, 1.807) is 41.1 Å². The van der Waals surface area contributed by atoms with Crippen LogP contribution in [-0.2, 0) is 21.5 Å². The second kappa shape index (κ2) is 7.56. The molecule has 1 amide bonds. The third-order valence-corrected chi connectivity index (χ3v) is 4.24. The molecule has 0 radical (unpaired) electrons. The van der Waals surface area contributed by atoms with Gasteiger partial charge in [0.2, 0.25) is 11.3 Å². The van der Waals surface area contributed by atoms with Gasteiger partial charge in [0, 0.05) is 17.5 Å². The molecule has 3 rings (SSSR count). The number of fused-ring (bicyclic) bond motifs is 1. The first-order chi connectivity index (χ1) is 12.8. The van der Waals surface area contributed by atoms with Crippen LogP contribution >= 0.6 is 0 Å². The highest BCUT2D eigenvalue weighted by molar-refractivity contribution is 7.90. The standard InChI is InChI=1S/C17H17N5O4S/c18-27(25,26)21-13-5-3-4-12(10-13)20-17(24)8-9-22-15-7-2-1-6-14(15)16(23)11-19-22/h1-7,10-11,21H,8-9H2,(H,20,24)(H2,18,25,26). The van der Waals surface area contributed by atoms with Crippen LogP contribution in [0.4, 0.5) is 11.4 Å². The van der Waals surface area contributed by atoms with E-state index in [4.69, 9.17) is 5.14 Å². The van der Waals surface area contributed by atoms with Crippen molar-refractivity contribution in [2.45, 2.75) is 13.0 Å². The fraction of sp³-hybridized carbons (Fsp3) is 0.118. The van der Waals surface area contributed by atoms with Crippen molar-refractivity contribution < 1.29 is 13.2 Å². The van der Waals surface area contributed by atoms with Gasteiger partial charge in [-0.3, -0.25) is 19.0 Å². The van der Waals surface area contributed by atoms with Crippen molar-refractivity contribution in [1.82, 2.24) is 9.78 Å². The number of para-hydroxylation sites is 1. The van der Waals surface area contributed by atoms with E-state index in [-0.39, 0.29) is 30.0 Å². The predicted molar refractivity (Wildman–Crippen MR) is 102 cm³/mol. The van der Waals surface area contributed by atoms with Gasteiger partial charge in [-0.25, -0.2) is 5.14 Å². The van der Waals surface area contributed by atoms with Crippen LogP contribution in [0.5, 0.6) is 0 Å². The number of hydrogen-bond acceptors (Lipinski definition) is 5. The van der Waals surface area contributed by atoms with Crippen LogP contribution in [0.1, 0.15) is 6.42 Å². The third kappa shape index (κ3) is 4.90. The molecule has 1 aromatic heterocycles. The maximum atomic E-state index is 12.2. The smallest absolute Gasteiger partial charge is 0.296 e. The van der Waals surface area contributed by atoms with Gasteiger partial charge in [-0.15, -0.1) is 0 Å². The van der Waals surface area contributed by atoms with Gasteiger partial charge in [-0.1, -0.05) is 18.2 Å². The Morgan fingerprint density at radius 2 is 1.85 bits per heavy atom. The Labute approximate surface area is 155 Å². The minimum absolute atomic E-state index is 0.118. The lowest BCUT2D eigenvalue weighted by molar-refractivity contribution is -0.116. The van der Waals surface area contributed by atoms with E-state index < -0.39 is 10.2 Å². The predicted octanol–water partition coefficient (Wildman–Crippen LogP) is 1.04. The van der Waals surface area contributed by atoms with Crippen molar-refractivity contribution in [3.8, 4) is 0 Å². The molecule has 0 unspecified atom stereocenters. The normalized spacial score (nSPS) is 11.3. The molecule has 0 saturated carbocycles. The van der Waals surface area contributed by atoms with Gasteiger partial charge < -0.3 is 5.32 Å². The van der Waals surface area contributed by atoms with Crippen LogP contribution in [0.3, 0.4) is 0 Å². The number of rotatable bonds is 6. The summed E-state index contributed by atoms with van der Waals surface area (Å²) < 4.78 is 25.9. The molecule has 3 aromatic rings. The van der Waals surface area contributed by atoms with Crippen LogP contribution < -0.4 is 20.6 Å². The Morgan fingerprint density at radius 3 is 2.63 bits per heavy atom. The van der Waals surface area contributed by atoms with E-state index in [0.29, 0.717) is 16.6 Å². The summed E-state index contributed by atoms with van der Waals surface area (Å²) in [5.74, 6) is -0.285. The number of aryl methyl sites for hydroxylation is 1. The maximum Gasteiger partial charge on any atom is 0.296 e. The Kier molecular flexibility index (Phi) is 5.19. The molecular weight excluding hydrogens is 370 g/mol. The topological polar surface area (TPSA) is 136 Å². The number of carbonyl (C=O) groups is 1. The second-order valence-corrected chi connectivity index (χ2v) is 7.07. The van der Waals surface area contributed by atoms with Crippen molar-refractivity contribution >= 4 is 38.4 Å². The Morgan fingerprint density at radius 1 is 1.11 bits per heavy atom. The molecule has 0 bridgehead atoms.